The van der Waals surface area contributed by atoms with Crippen LogP contribution in [0.3, 0.4) is 0 Å². The Bertz CT molecular complexity index is 353. The summed E-state index contributed by atoms with van der Waals surface area (Å²) < 4.78 is 12.8. The molecule has 1 aromatic rings. The number of thioether (sulfide) groups is 1. The van der Waals surface area contributed by atoms with Gasteiger partial charge in [-0.3, -0.25) is 0 Å². The van der Waals surface area contributed by atoms with Gasteiger partial charge in [-0.1, -0.05) is 0 Å². The fourth-order valence-corrected chi connectivity index (χ4v) is 4.14. The zero-order valence-electron chi connectivity index (χ0n) is 9.16. The second-order valence-electron chi connectivity index (χ2n) is 4.80. The lowest BCUT2D eigenvalue weighted by molar-refractivity contribution is 0.415. The molecule has 86 valence electrons. The molecule has 0 amide bonds. The Morgan fingerprint density at radius 3 is 2.31 bits per heavy atom. The van der Waals surface area contributed by atoms with E-state index < -0.39 is 0 Å². The van der Waals surface area contributed by atoms with Gasteiger partial charge in [0.2, 0.25) is 0 Å². The molecule has 1 nitrogen and oxygen atoms in total. The van der Waals surface area contributed by atoms with E-state index in [2.05, 4.69) is 5.32 Å². The molecule has 16 heavy (non-hydrogen) atoms. The largest absolute Gasteiger partial charge is 0.311 e. The van der Waals surface area contributed by atoms with Crippen molar-refractivity contribution in [1.29, 1.82) is 0 Å². The Hall–Kier alpha value is -0.540. The Morgan fingerprint density at radius 1 is 1.06 bits per heavy atom. The molecule has 2 saturated heterocycles. The predicted molar refractivity (Wildman–Crippen MR) is 65.2 cm³/mol. The first-order chi connectivity index (χ1) is 7.79. The van der Waals surface area contributed by atoms with Gasteiger partial charge >= 0.3 is 0 Å². The van der Waals surface area contributed by atoms with Crippen molar-refractivity contribution in [3.05, 3.63) is 30.1 Å². The Kier molecular flexibility index (Phi) is 2.90. The van der Waals surface area contributed by atoms with Gasteiger partial charge in [0, 0.05) is 22.2 Å². The molecule has 1 N–H and O–H groups in total. The van der Waals surface area contributed by atoms with Crippen molar-refractivity contribution in [2.45, 2.75) is 47.9 Å². The molecule has 0 radical (unpaired) electrons. The van der Waals surface area contributed by atoms with E-state index in [4.69, 9.17) is 0 Å². The molecule has 2 fully saturated rings. The highest BCUT2D eigenvalue weighted by atomic mass is 32.2. The molecule has 0 saturated carbocycles. The minimum atomic E-state index is -0.144. The quantitative estimate of drug-likeness (QED) is 0.847. The maximum atomic E-state index is 12.8. The average molecular weight is 237 g/mol. The fraction of sp³-hybridized carbons (Fsp3) is 0.538. The molecule has 2 heterocycles. The molecule has 2 bridgehead atoms. The van der Waals surface area contributed by atoms with Crippen LogP contribution in [0.5, 0.6) is 0 Å². The highest BCUT2D eigenvalue weighted by Crippen LogP contribution is 2.36. The molecule has 0 aliphatic carbocycles. The molecule has 0 aromatic heterocycles. The summed E-state index contributed by atoms with van der Waals surface area (Å²) in [4.78, 5) is 1.20. The summed E-state index contributed by atoms with van der Waals surface area (Å²) in [6, 6.07) is 8.36. The van der Waals surface area contributed by atoms with Crippen molar-refractivity contribution in [1.82, 2.24) is 5.32 Å². The van der Waals surface area contributed by atoms with E-state index in [1.165, 1.54) is 30.6 Å². The third kappa shape index (κ3) is 2.25. The number of piperidine rings is 1. The lowest BCUT2D eigenvalue weighted by Crippen LogP contribution is -2.39. The molecular weight excluding hydrogens is 221 g/mol. The van der Waals surface area contributed by atoms with Crippen LogP contribution in [-0.2, 0) is 0 Å². The number of fused-ring (bicyclic) bond motifs is 2. The first-order valence-electron chi connectivity index (χ1n) is 5.98. The SMILES string of the molecule is Fc1ccc(SC2C[C@H]3CC[C@H](C2)N3)cc1. The number of rotatable bonds is 2. The third-order valence-corrected chi connectivity index (χ3v) is 4.81. The van der Waals surface area contributed by atoms with Crippen LogP contribution in [0.1, 0.15) is 25.7 Å². The summed E-state index contributed by atoms with van der Waals surface area (Å²) in [5.74, 6) is -0.144. The van der Waals surface area contributed by atoms with Crippen molar-refractivity contribution in [2.24, 2.45) is 0 Å². The summed E-state index contributed by atoms with van der Waals surface area (Å²) in [5, 5.41) is 4.35. The van der Waals surface area contributed by atoms with Gasteiger partial charge in [-0.25, -0.2) is 4.39 Å². The Labute approximate surface area is 99.8 Å². The minimum Gasteiger partial charge on any atom is -0.311 e. The molecule has 2 atom stereocenters. The number of benzene rings is 1. The van der Waals surface area contributed by atoms with Gasteiger partial charge in [0.1, 0.15) is 5.82 Å². The van der Waals surface area contributed by atoms with Crippen LogP contribution in [0.2, 0.25) is 0 Å². The predicted octanol–water partition coefficient (Wildman–Crippen LogP) is 3.20. The number of hydrogen-bond donors (Lipinski definition) is 1. The highest BCUT2D eigenvalue weighted by molar-refractivity contribution is 8.00. The molecule has 3 heteroatoms. The van der Waals surface area contributed by atoms with Gasteiger partial charge < -0.3 is 5.32 Å². The second kappa shape index (κ2) is 4.38. The number of hydrogen-bond acceptors (Lipinski definition) is 2. The third-order valence-electron chi connectivity index (χ3n) is 3.55. The molecule has 3 rings (SSSR count). The molecule has 2 aliphatic heterocycles. The molecule has 0 unspecified atom stereocenters. The maximum absolute atomic E-state index is 12.8. The van der Waals surface area contributed by atoms with Gasteiger partial charge in [0.15, 0.2) is 0 Å². The standard InChI is InChI=1S/C13H16FNS/c14-9-1-5-12(6-2-9)16-13-7-10-3-4-11(8-13)15-10/h1-2,5-6,10-11,13,15H,3-4,7-8H2/t10-,11-/m1/s1. The maximum Gasteiger partial charge on any atom is 0.123 e. The summed E-state index contributed by atoms with van der Waals surface area (Å²) in [6.07, 6.45) is 5.20. The topological polar surface area (TPSA) is 12.0 Å². The van der Waals surface area contributed by atoms with Crippen LogP contribution in [-0.4, -0.2) is 17.3 Å². The van der Waals surface area contributed by atoms with E-state index in [0.29, 0.717) is 5.25 Å². The van der Waals surface area contributed by atoms with Crippen molar-refractivity contribution in [3.63, 3.8) is 0 Å². The Balaban J connectivity index is 1.64. The van der Waals surface area contributed by atoms with Gasteiger partial charge in [-0.05, 0) is 49.9 Å². The average Bonchev–Trinajstić information content (AvgIpc) is 2.62. The van der Waals surface area contributed by atoms with Gasteiger partial charge in [0.25, 0.3) is 0 Å². The minimum absolute atomic E-state index is 0.144. The Morgan fingerprint density at radius 2 is 1.69 bits per heavy atom. The van der Waals surface area contributed by atoms with E-state index in [0.717, 1.165) is 12.1 Å². The van der Waals surface area contributed by atoms with Gasteiger partial charge in [-0.2, -0.15) is 0 Å². The molecule has 2 aliphatic rings. The van der Waals surface area contributed by atoms with Crippen LogP contribution >= 0.6 is 11.8 Å². The monoisotopic (exact) mass is 237 g/mol. The summed E-state index contributed by atoms with van der Waals surface area (Å²) in [7, 11) is 0. The van der Waals surface area contributed by atoms with E-state index in [1.807, 2.05) is 23.9 Å². The molecule has 1 aromatic carbocycles. The summed E-state index contributed by atoms with van der Waals surface area (Å²) in [6.45, 7) is 0. The van der Waals surface area contributed by atoms with Gasteiger partial charge in [-0.15, -0.1) is 11.8 Å². The number of nitrogens with one attached hydrogen (secondary N) is 1. The number of halogens is 1. The van der Waals surface area contributed by atoms with E-state index in [-0.39, 0.29) is 5.82 Å². The van der Waals surface area contributed by atoms with Crippen LogP contribution in [0.15, 0.2) is 29.2 Å². The first-order valence-corrected chi connectivity index (χ1v) is 6.86. The lowest BCUT2D eigenvalue weighted by Gasteiger charge is -2.28. The summed E-state index contributed by atoms with van der Waals surface area (Å²) >= 11 is 1.91. The second-order valence-corrected chi connectivity index (χ2v) is 6.18. The summed E-state index contributed by atoms with van der Waals surface area (Å²) in [5.41, 5.74) is 0. The van der Waals surface area contributed by atoms with E-state index in [1.54, 1.807) is 12.1 Å². The van der Waals surface area contributed by atoms with E-state index in [9.17, 15) is 4.39 Å². The van der Waals surface area contributed by atoms with Crippen LogP contribution in [0, 0.1) is 5.82 Å². The lowest BCUT2D eigenvalue weighted by atomic mass is 10.1. The smallest absolute Gasteiger partial charge is 0.123 e. The van der Waals surface area contributed by atoms with Crippen LogP contribution < -0.4 is 5.32 Å². The zero-order chi connectivity index (χ0) is 11.0. The molecular formula is C13H16FNS. The van der Waals surface area contributed by atoms with Crippen molar-refractivity contribution >= 4 is 11.8 Å². The van der Waals surface area contributed by atoms with Crippen molar-refractivity contribution in [3.8, 4) is 0 Å². The normalized spacial score (nSPS) is 32.9. The van der Waals surface area contributed by atoms with Crippen molar-refractivity contribution < 1.29 is 4.39 Å². The molecule has 0 spiro atoms. The first kappa shape index (κ1) is 10.6. The zero-order valence-corrected chi connectivity index (χ0v) is 9.97. The van der Waals surface area contributed by atoms with Crippen molar-refractivity contribution in [2.75, 3.05) is 0 Å². The van der Waals surface area contributed by atoms with E-state index >= 15 is 0 Å². The van der Waals surface area contributed by atoms with Crippen LogP contribution in [0.25, 0.3) is 0 Å². The van der Waals surface area contributed by atoms with Crippen LogP contribution in [0.4, 0.5) is 4.39 Å². The fourth-order valence-electron chi connectivity index (χ4n) is 2.81. The van der Waals surface area contributed by atoms with Gasteiger partial charge in [0.05, 0.1) is 0 Å². The highest BCUT2D eigenvalue weighted by Gasteiger charge is 2.33.